The van der Waals surface area contributed by atoms with Crippen LogP contribution in [-0.2, 0) is 6.54 Å². The van der Waals surface area contributed by atoms with Crippen molar-refractivity contribution in [1.82, 2.24) is 4.90 Å². The first-order valence-electron chi connectivity index (χ1n) is 6.91. The Balaban J connectivity index is 2.27. The van der Waals surface area contributed by atoms with Crippen molar-refractivity contribution in [3.05, 3.63) is 51.1 Å². The number of halogens is 1. The van der Waals surface area contributed by atoms with Crippen LogP contribution in [0.15, 0.2) is 36.4 Å². The number of methoxy groups -OCH3 is 2. The number of aromatic hydroxyl groups is 1. The standard InChI is InChI=1S/C17H18INO4/c1-19(10-11-6-4-5-7-14(11)20)17(21)12-8-15(22-2)16(23-3)9-13(12)18/h4-9,20H,10H2,1-3H3. The molecule has 0 bridgehead atoms. The van der Waals surface area contributed by atoms with Crippen LogP contribution in [0.3, 0.4) is 0 Å². The van der Waals surface area contributed by atoms with Crippen molar-refractivity contribution in [1.29, 1.82) is 0 Å². The van der Waals surface area contributed by atoms with Gasteiger partial charge >= 0.3 is 0 Å². The van der Waals surface area contributed by atoms with Gasteiger partial charge in [0.15, 0.2) is 11.5 Å². The van der Waals surface area contributed by atoms with Gasteiger partial charge in [0, 0.05) is 22.7 Å². The predicted molar refractivity (Wildman–Crippen MR) is 96.2 cm³/mol. The van der Waals surface area contributed by atoms with E-state index in [9.17, 15) is 9.90 Å². The van der Waals surface area contributed by atoms with Crippen LogP contribution in [0.2, 0.25) is 0 Å². The number of hydrogen-bond acceptors (Lipinski definition) is 4. The molecule has 0 aliphatic heterocycles. The van der Waals surface area contributed by atoms with Gasteiger partial charge in [0.25, 0.3) is 5.91 Å². The number of carbonyl (C=O) groups is 1. The Morgan fingerprint density at radius 1 is 1.17 bits per heavy atom. The first kappa shape index (κ1) is 17.4. The summed E-state index contributed by atoms with van der Waals surface area (Å²) < 4.78 is 11.3. The van der Waals surface area contributed by atoms with Gasteiger partial charge in [-0.15, -0.1) is 0 Å². The fraction of sp³-hybridized carbons (Fsp3) is 0.235. The van der Waals surface area contributed by atoms with Gasteiger partial charge in [-0.2, -0.15) is 0 Å². The quantitative estimate of drug-likeness (QED) is 0.745. The number of hydrogen-bond donors (Lipinski definition) is 1. The number of para-hydroxylation sites is 1. The van der Waals surface area contributed by atoms with E-state index in [0.29, 0.717) is 29.2 Å². The molecule has 2 rings (SSSR count). The van der Waals surface area contributed by atoms with Crippen LogP contribution in [0.1, 0.15) is 15.9 Å². The smallest absolute Gasteiger partial charge is 0.255 e. The summed E-state index contributed by atoms with van der Waals surface area (Å²) >= 11 is 2.10. The lowest BCUT2D eigenvalue weighted by molar-refractivity contribution is 0.0783. The van der Waals surface area contributed by atoms with Crippen LogP contribution < -0.4 is 9.47 Å². The second-order valence-corrected chi connectivity index (χ2v) is 6.14. The summed E-state index contributed by atoms with van der Waals surface area (Å²) in [6, 6.07) is 10.4. The second kappa shape index (κ2) is 7.54. The molecular weight excluding hydrogens is 409 g/mol. The maximum atomic E-state index is 12.7. The third-order valence-electron chi connectivity index (χ3n) is 3.45. The van der Waals surface area contributed by atoms with E-state index in [-0.39, 0.29) is 11.7 Å². The maximum Gasteiger partial charge on any atom is 0.255 e. The van der Waals surface area contributed by atoms with Crippen LogP contribution >= 0.6 is 22.6 Å². The first-order chi connectivity index (χ1) is 11.0. The molecule has 0 saturated heterocycles. The molecule has 0 spiro atoms. The molecule has 0 aromatic heterocycles. The average molecular weight is 427 g/mol. The third kappa shape index (κ3) is 3.87. The lowest BCUT2D eigenvalue weighted by atomic mass is 10.1. The van der Waals surface area contributed by atoms with Gasteiger partial charge in [-0.1, -0.05) is 18.2 Å². The fourth-order valence-corrected chi connectivity index (χ4v) is 2.86. The van der Waals surface area contributed by atoms with Crippen molar-refractivity contribution in [2.75, 3.05) is 21.3 Å². The van der Waals surface area contributed by atoms with E-state index in [1.54, 1.807) is 49.4 Å². The van der Waals surface area contributed by atoms with Crippen molar-refractivity contribution < 1.29 is 19.4 Å². The topological polar surface area (TPSA) is 59.0 Å². The number of nitrogens with zero attached hydrogens (tertiary/aromatic N) is 1. The number of carbonyl (C=O) groups excluding carboxylic acids is 1. The molecule has 1 N–H and O–H groups in total. The molecule has 2 aromatic rings. The van der Waals surface area contributed by atoms with Gasteiger partial charge in [-0.3, -0.25) is 4.79 Å². The van der Waals surface area contributed by atoms with E-state index in [4.69, 9.17) is 9.47 Å². The minimum Gasteiger partial charge on any atom is -0.508 e. The highest BCUT2D eigenvalue weighted by Crippen LogP contribution is 2.32. The lowest BCUT2D eigenvalue weighted by Crippen LogP contribution is -2.27. The second-order valence-electron chi connectivity index (χ2n) is 4.98. The zero-order valence-corrected chi connectivity index (χ0v) is 15.3. The summed E-state index contributed by atoms with van der Waals surface area (Å²) in [6.45, 7) is 0.315. The van der Waals surface area contributed by atoms with Crippen molar-refractivity contribution in [2.24, 2.45) is 0 Å². The number of ether oxygens (including phenoxy) is 2. The van der Waals surface area contributed by atoms with Gasteiger partial charge in [0.05, 0.1) is 19.8 Å². The molecule has 0 aliphatic rings. The molecular formula is C17H18INO4. The SMILES string of the molecule is COc1cc(I)c(C(=O)N(C)Cc2ccccc2O)cc1OC. The van der Waals surface area contributed by atoms with E-state index < -0.39 is 0 Å². The highest BCUT2D eigenvalue weighted by molar-refractivity contribution is 14.1. The Hall–Kier alpha value is -1.96. The Labute approximate surface area is 149 Å². The average Bonchev–Trinajstić information content (AvgIpc) is 2.55. The molecule has 2 aromatic carbocycles. The number of phenols is 1. The van der Waals surface area contributed by atoms with Crippen LogP contribution in [0.5, 0.6) is 17.2 Å². The summed E-state index contributed by atoms with van der Waals surface area (Å²) in [6.07, 6.45) is 0. The highest BCUT2D eigenvalue weighted by Gasteiger charge is 2.19. The van der Waals surface area contributed by atoms with Crippen LogP contribution in [-0.4, -0.2) is 37.2 Å². The summed E-state index contributed by atoms with van der Waals surface area (Å²) in [5.74, 6) is 1.11. The van der Waals surface area contributed by atoms with E-state index in [1.807, 2.05) is 6.07 Å². The summed E-state index contributed by atoms with van der Waals surface area (Å²) in [4.78, 5) is 14.2. The van der Waals surface area contributed by atoms with Crippen molar-refractivity contribution >= 4 is 28.5 Å². The van der Waals surface area contributed by atoms with E-state index in [2.05, 4.69) is 22.6 Å². The predicted octanol–water partition coefficient (Wildman–Crippen LogP) is 3.29. The first-order valence-corrected chi connectivity index (χ1v) is 7.99. The molecule has 6 heteroatoms. The summed E-state index contributed by atoms with van der Waals surface area (Å²) in [5, 5.41) is 9.84. The largest absolute Gasteiger partial charge is 0.508 e. The van der Waals surface area contributed by atoms with Crippen molar-refractivity contribution in [2.45, 2.75) is 6.54 Å². The van der Waals surface area contributed by atoms with Crippen molar-refractivity contribution in [3.63, 3.8) is 0 Å². The zero-order chi connectivity index (χ0) is 17.0. The lowest BCUT2D eigenvalue weighted by Gasteiger charge is -2.20. The van der Waals surface area contributed by atoms with E-state index in [1.165, 1.54) is 7.11 Å². The molecule has 0 aliphatic carbocycles. The third-order valence-corrected chi connectivity index (χ3v) is 4.34. The van der Waals surface area contributed by atoms with Gasteiger partial charge in [0.1, 0.15) is 5.75 Å². The van der Waals surface area contributed by atoms with Crippen LogP contribution in [0, 0.1) is 3.57 Å². The van der Waals surface area contributed by atoms with Gasteiger partial charge in [-0.25, -0.2) is 0 Å². The number of phenolic OH excluding ortho intramolecular Hbond substituents is 1. The van der Waals surface area contributed by atoms with Crippen molar-refractivity contribution in [3.8, 4) is 17.2 Å². The Kier molecular flexibility index (Phi) is 5.70. The van der Waals surface area contributed by atoms with Gasteiger partial charge in [0.2, 0.25) is 0 Å². The van der Waals surface area contributed by atoms with E-state index in [0.717, 1.165) is 3.57 Å². The molecule has 0 atom stereocenters. The van der Waals surface area contributed by atoms with Crippen LogP contribution in [0.4, 0.5) is 0 Å². The summed E-state index contributed by atoms with van der Waals surface area (Å²) in [7, 11) is 4.78. The minimum atomic E-state index is -0.154. The molecule has 0 unspecified atom stereocenters. The number of benzene rings is 2. The van der Waals surface area contributed by atoms with Gasteiger partial charge in [-0.05, 0) is 40.8 Å². The maximum absolute atomic E-state index is 12.7. The Morgan fingerprint density at radius 3 is 2.39 bits per heavy atom. The molecule has 122 valence electrons. The molecule has 1 amide bonds. The zero-order valence-electron chi connectivity index (χ0n) is 13.2. The molecule has 23 heavy (non-hydrogen) atoms. The molecule has 0 heterocycles. The molecule has 0 saturated carbocycles. The molecule has 0 radical (unpaired) electrons. The van der Waals surface area contributed by atoms with Crippen LogP contribution in [0.25, 0.3) is 0 Å². The van der Waals surface area contributed by atoms with Gasteiger partial charge < -0.3 is 19.5 Å². The normalized spacial score (nSPS) is 10.3. The Bertz CT molecular complexity index is 718. The number of amides is 1. The Morgan fingerprint density at radius 2 is 1.78 bits per heavy atom. The van der Waals surface area contributed by atoms with E-state index >= 15 is 0 Å². The summed E-state index contributed by atoms with van der Waals surface area (Å²) in [5.41, 5.74) is 1.22. The molecule has 5 nitrogen and oxygen atoms in total. The number of rotatable bonds is 5. The monoisotopic (exact) mass is 427 g/mol. The minimum absolute atomic E-state index is 0.154. The fourth-order valence-electron chi connectivity index (χ4n) is 2.20. The molecule has 0 fully saturated rings. The highest BCUT2D eigenvalue weighted by atomic mass is 127.